The minimum Gasteiger partial charge on any atom is -0.314 e. The maximum absolute atomic E-state index is 12.9. The molecule has 0 saturated carbocycles. The maximum Gasteiger partial charge on any atom is 0.0912 e. The molecule has 0 spiro atoms. The Morgan fingerprint density at radius 1 is 1.15 bits per heavy atom. The molecule has 0 unspecified atom stereocenters. The van der Waals surface area contributed by atoms with Gasteiger partial charge >= 0.3 is 0 Å². The molecule has 1 N–H and O–H groups in total. The Hall–Kier alpha value is 0.230. The fourth-order valence-electron chi connectivity index (χ4n) is 2.45. The number of nitrogens with one attached hydrogen (secondary N) is 1. The highest BCUT2D eigenvalue weighted by molar-refractivity contribution is 6.44. The fourth-order valence-corrected chi connectivity index (χ4v) is 3.24. The van der Waals surface area contributed by atoms with Crippen LogP contribution in [0.25, 0.3) is 0 Å². The van der Waals surface area contributed by atoms with Gasteiger partial charge in [-0.15, -0.1) is 12.4 Å². The van der Waals surface area contributed by atoms with Crippen LogP contribution in [0.3, 0.4) is 0 Å². The summed E-state index contributed by atoms with van der Waals surface area (Å²) in [6.45, 7) is 3.07. The second-order valence-electron chi connectivity index (χ2n) is 4.54. The average molecular weight is 362 g/mol. The van der Waals surface area contributed by atoms with Crippen molar-refractivity contribution < 1.29 is 4.39 Å². The Kier molecular flexibility index (Phi) is 7.88. The third kappa shape index (κ3) is 4.12. The van der Waals surface area contributed by atoms with Crippen molar-refractivity contribution in [3.8, 4) is 0 Å². The van der Waals surface area contributed by atoms with E-state index in [4.69, 9.17) is 34.8 Å². The van der Waals surface area contributed by atoms with E-state index in [0.29, 0.717) is 21.5 Å². The quantitative estimate of drug-likeness (QED) is 0.801. The first-order chi connectivity index (χ1) is 9.15. The SMILES string of the molecule is Cl.FCC[C@@H](c1c(Cl)ccc(Cl)c1Cl)N1CCNCC1. The number of halogens is 5. The zero-order valence-electron chi connectivity index (χ0n) is 10.8. The molecule has 1 heterocycles. The lowest BCUT2D eigenvalue weighted by molar-refractivity contribution is 0.157. The van der Waals surface area contributed by atoms with Gasteiger partial charge in [-0.3, -0.25) is 9.29 Å². The molecule has 7 heteroatoms. The van der Waals surface area contributed by atoms with Gasteiger partial charge in [0.1, 0.15) is 0 Å². The zero-order chi connectivity index (χ0) is 13.8. The van der Waals surface area contributed by atoms with E-state index in [1.807, 2.05) is 0 Å². The third-order valence-electron chi connectivity index (χ3n) is 3.39. The number of hydrogen-bond acceptors (Lipinski definition) is 2. The largest absolute Gasteiger partial charge is 0.314 e. The molecule has 0 amide bonds. The molecule has 0 radical (unpaired) electrons. The van der Waals surface area contributed by atoms with Gasteiger partial charge in [-0.2, -0.15) is 0 Å². The van der Waals surface area contributed by atoms with Crippen molar-refractivity contribution in [3.05, 3.63) is 32.8 Å². The third-order valence-corrected chi connectivity index (χ3v) is 4.54. The molecular formula is C13H17Cl4FN2. The van der Waals surface area contributed by atoms with E-state index < -0.39 is 6.67 Å². The molecule has 2 rings (SSSR count). The van der Waals surface area contributed by atoms with E-state index in [1.54, 1.807) is 12.1 Å². The second-order valence-corrected chi connectivity index (χ2v) is 5.73. The van der Waals surface area contributed by atoms with Gasteiger partial charge in [-0.05, 0) is 18.6 Å². The molecule has 1 aromatic carbocycles. The molecule has 1 aliphatic heterocycles. The Labute approximate surface area is 140 Å². The summed E-state index contributed by atoms with van der Waals surface area (Å²) in [6.07, 6.45) is 0.375. The number of hydrogen-bond donors (Lipinski definition) is 1. The summed E-state index contributed by atoms with van der Waals surface area (Å²) in [6, 6.07) is 3.27. The minimum atomic E-state index is -0.409. The lowest BCUT2D eigenvalue weighted by atomic mass is 10.0. The monoisotopic (exact) mass is 360 g/mol. The first-order valence-corrected chi connectivity index (χ1v) is 7.42. The molecule has 1 aromatic rings. The molecule has 1 fully saturated rings. The van der Waals surface area contributed by atoms with Gasteiger partial charge in [0.25, 0.3) is 0 Å². The molecule has 1 atom stereocenters. The Balaban J connectivity index is 0.00000200. The lowest BCUT2D eigenvalue weighted by Gasteiger charge is -2.35. The summed E-state index contributed by atoms with van der Waals surface area (Å²) < 4.78 is 12.9. The van der Waals surface area contributed by atoms with Crippen molar-refractivity contribution in [2.45, 2.75) is 12.5 Å². The van der Waals surface area contributed by atoms with Crippen LogP contribution in [0.5, 0.6) is 0 Å². The Morgan fingerprint density at radius 2 is 1.75 bits per heavy atom. The van der Waals surface area contributed by atoms with Crippen LogP contribution in [0, 0.1) is 0 Å². The number of nitrogens with zero attached hydrogens (tertiary/aromatic N) is 1. The second kappa shape index (κ2) is 8.62. The van der Waals surface area contributed by atoms with Crippen LogP contribution in [0.4, 0.5) is 4.39 Å². The summed E-state index contributed by atoms with van der Waals surface area (Å²) in [7, 11) is 0. The molecule has 114 valence electrons. The maximum atomic E-state index is 12.9. The van der Waals surface area contributed by atoms with Crippen molar-refractivity contribution in [1.82, 2.24) is 10.2 Å². The lowest BCUT2D eigenvalue weighted by Crippen LogP contribution is -2.45. The van der Waals surface area contributed by atoms with Crippen LogP contribution in [0.15, 0.2) is 12.1 Å². The summed E-state index contributed by atoms with van der Waals surface area (Å²) in [5.74, 6) is 0. The molecule has 1 aliphatic rings. The van der Waals surface area contributed by atoms with Gasteiger partial charge in [0, 0.05) is 42.8 Å². The first-order valence-electron chi connectivity index (χ1n) is 6.29. The van der Waals surface area contributed by atoms with Crippen molar-refractivity contribution in [2.24, 2.45) is 0 Å². The Bertz CT molecular complexity index is 439. The summed E-state index contributed by atoms with van der Waals surface area (Å²) >= 11 is 18.6. The topological polar surface area (TPSA) is 15.3 Å². The fraction of sp³-hybridized carbons (Fsp3) is 0.538. The molecule has 0 aliphatic carbocycles. The minimum absolute atomic E-state index is 0. The van der Waals surface area contributed by atoms with E-state index in [0.717, 1.165) is 31.7 Å². The van der Waals surface area contributed by atoms with Crippen LogP contribution in [0.1, 0.15) is 18.0 Å². The first kappa shape index (κ1) is 18.3. The van der Waals surface area contributed by atoms with Crippen molar-refractivity contribution >= 4 is 47.2 Å². The van der Waals surface area contributed by atoms with E-state index in [2.05, 4.69) is 10.2 Å². The van der Waals surface area contributed by atoms with Crippen LogP contribution >= 0.6 is 47.2 Å². The van der Waals surface area contributed by atoms with Gasteiger partial charge in [-0.25, -0.2) is 0 Å². The van der Waals surface area contributed by atoms with Crippen LogP contribution in [0.2, 0.25) is 15.1 Å². The zero-order valence-corrected chi connectivity index (χ0v) is 13.9. The van der Waals surface area contributed by atoms with E-state index in [-0.39, 0.29) is 18.4 Å². The molecular weight excluding hydrogens is 345 g/mol. The molecule has 0 bridgehead atoms. The van der Waals surface area contributed by atoms with Gasteiger partial charge in [0.05, 0.1) is 16.7 Å². The standard InChI is InChI=1S/C13H16Cl3FN2.ClH/c14-9-1-2-10(15)13(16)12(9)11(3-4-17)19-7-5-18-6-8-19;/h1-2,11,18H,3-8H2;1H/t11-;/m0./s1. The number of rotatable bonds is 4. The highest BCUT2D eigenvalue weighted by Gasteiger charge is 2.26. The van der Waals surface area contributed by atoms with Gasteiger partial charge in [-0.1, -0.05) is 34.8 Å². The predicted octanol–water partition coefficient (Wildman–Crippen LogP) is 4.37. The average Bonchev–Trinajstić information content (AvgIpc) is 2.43. The van der Waals surface area contributed by atoms with E-state index in [9.17, 15) is 4.39 Å². The Morgan fingerprint density at radius 3 is 2.35 bits per heavy atom. The van der Waals surface area contributed by atoms with E-state index in [1.165, 1.54) is 0 Å². The summed E-state index contributed by atoms with van der Waals surface area (Å²) in [5, 5.41) is 4.72. The van der Waals surface area contributed by atoms with Crippen LogP contribution in [-0.4, -0.2) is 37.8 Å². The predicted molar refractivity (Wildman–Crippen MR) is 86.5 cm³/mol. The van der Waals surface area contributed by atoms with Gasteiger partial charge < -0.3 is 5.32 Å². The number of benzene rings is 1. The highest BCUT2D eigenvalue weighted by atomic mass is 35.5. The molecule has 2 nitrogen and oxygen atoms in total. The smallest absolute Gasteiger partial charge is 0.0912 e. The molecule has 20 heavy (non-hydrogen) atoms. The molecule has 1 saturated heterocycles. The summed E-state index contributed by atoms with van der Waals surface area (Å²) in [5.41, 5.74) is 0.746. The number of piperazine rings is 1. The van der Waals surface area contributed by atoms with Crippen molar-refractivity contribution in [3.63, 3.8) is 0 Å². The number of alkyl halides is 1. The van der Waals surface area contributed by atoms with Crippen molar-refractivity contribution in [1.29, 1.82) is 0 Å². The van der Waals surface area contributed by atoms with Crippen LogP contribution < -0.4 is 5.32 Å². The summed E-state index contributed by atoms with van der Waals surface area (Å²) in [4.78, 5) is 2.21. The van der Waals surface area contributed by atoms with Gasteiger partial charge in [0.15, 0.2) is 0 Å². The van der Waals surface area contributed by atoms with Crippen LogP contribution in [-0.2, 0) is 0 Å². The molecule has 0 aromatic heterocycles. The van der Waals surface area contributed by atoms with Crippen molar-refractivity contribution in [2.75, 3.05) is 32.9 Å². The normalized spacial score (nSPS) is 17.6. The van der Waals surface area contributed by atoms with E-state index >= 15 is 0 Å². The van der Waals surface area contributed by atoms with Gasteiger partial charge in [0.2, 0.25) is 0 Å². The highest BCUT2D eigenvalue weighted by Crippen LogP contribution is 2.39.